The molecule has 3 rings (SSSR count). The van der Waals surface area contributed by atoms with Crippen molar-refractivity contribution in [2.24, 2.45) is 0 Å². The zero-order valence-corrected chi connectivity index (χ0v) is 16.2. The number of hydrogen-bond acceptors (Lipinski definition) is 4. The summed E-state index contributed by atoms with van der Waals surface area (Å²) in [7, 11) is 0. The zero-order valence-electron chi connectivity index (χ0n) is 14.6. The van der Waals surface area contributed by atoms with E-state index in [1.165, 1.54) is 6.92 Å². The van der Waals surface area contributed by atoms with E-state index in [4.69, 9.17) is 0 Å². The summed E-state index contributed by atoms with van der Waals surface area (Å²) in [6, 6.07) is 11.7. The summed E-state index contributed by atoms with van der Waals surface area (Å²) in [5.41, 5.74) is 1.65. The molecule has 0 bridgehead atoms. The molecule has 6 nitrogen and oxygen atoms in total. The molecule has 0 atom stereocenters. The second kappa shape index (κ2) is 7.84. The van der Waals surface area contributed by atoms with E-state index in [-0.39, 0.29) is 36.5 Å². The predicted octanol–water partition coefficient (Wildman–Crippen LogP) is 3.67. The Morgan fingerprint density at radius 2 is 1.74 bits per heavy atom. The molecule has 1 heterocycles. The van der Waals surface area contributed by atoms with Gasteiger partial charge in [0.1, 0.15) is 0 Å². The van der Waals surface area contributed by atoms with Crippen molar-refractivity contribution in [1.82, 2.24) is 4.90 Å². The number of hydrogen-bond donors (Lipinski definition) is 1. The van der Waals surface area contributed by atoms with E-state index in [1.54, 1.807) is 42.5 Å². The molecule has 0 unspecified atom stereocenters. The summed E-state index contributed by atoms with van der Waals surface area (Å²) in [4.78, 5) is 49.7. The molecular formula is C20H17BrN2O4. The van der Waals surface area contributed by atoms with Gasteiger partial charge in [0.25, 0.3) is 11.8 Å². The third-order valence-corrected chi connectivity index (χ3v) is 4.79. The normalized spacial score (nSPS) is 12.9. The minimum Gasteiger partial charge on any atom is -0.325 e. The molecule has 2 aromatic rings. The molecule has 138 valence electrons. The molecule has 0 saturated heterocycles. The van der Waals surface area contributed by atoms with E-state index in [1.807, 2.05) is 0 Å². The summed E-state index contributed by atoms with van der Waals surface area (Å²) in [6.45, 7) is 1.59. The van der Waals surface area contributed by atoms with Crippen molar-refractivity contribution < 1.29 is 19.2 Å². The number of fused-ring (bicyclic) bond motifs is 1. The minimum atomic E-state index is -0.348. The Balaban J connectivity index is 1.58. The third-order valence-electron chi connectivity index (χ3n) is 4.30. The number of carbonyl (C=O) groups excluding carboxylic acids is 4. The molecular weight excluding hydrogens is 412 g/mol. The molecule has 1 aliphatic rings. The molecule has 1 N–H and O–H groups in total. The van der Waals surface area contributed by atoms with E-state index in [2.05, 4.69) is 21.2 Å². The first-order chi connectivity index (χ1) is 12.9. The third kappa shape index (κ3) is 3.98. The zero-order chi connectivity index (χ0) is 19.6. The average Bonchev–Trinajstić information content (AvgIpc) is 2.86. The first-order valence-corrected chi connectivity index (χ1v) is 9.23. The van der Waals surface area contributed by atoms with Gasteiger partial charge in [-0.05, 0) is 43.7 Å². The second-order valence-electron chi connectivity index (χ2n) is 6.21. The van der Waals surface area contributed by atoms with Crippen LogP contribution < -0.4 is 5.32 Å². The van der Waals surface area contributed by atoms with E-state index in [9.17, 15) is 19.2 Å². The van der Waals surface area contributed by atoms with E-state index in [0.717, 1.165) is 9.37 Å². The maximum atomic E-state index is 12.4. The standard InChI is InChI=1S/C20H17BrN2O4/c1-12(24)14-5-2-3-6-17(14)22-18(25)7-4-10-23-19(26)15-9-8-13(21)11-16(15)20(23)27/h2-3,5-6,8-9,11H,4,7,10H2,1H3,(H,22,25). The van der Waals surface area contributed by atoms with Gasteiger partial charge in [-0.3, -0.25) is 24.1 Å². The molecule has 7 heteroatoms. The average molecular weight is 429 g/mol. The number of carbonyl (C=O) groups is 4. The number of ketones is 1. The molecule has 0 radical (unpaired) electrons. The largest absolute Gasteiger partial charge is 0.325 e. The van der Waals surface area contributed by atoms with Crippen LogP contribution in [-0.2, 0) is 4.79 Å². The van der Waals surface area contributed by atoms with Crippen molar-refractivity contribution in [2.75, 3.05) is 11.9 Å². The van der Waals surface area contributed by atoms with Crippen molar-refractivity contribution in [3.63, 3.8) is 0 Å². The fourth-order valence-electron chi connectivity index (χ4n) is 2.98. The summed E-state index contributed by atoms with van der Waals surface area (Å²) in [5.74, 6) is -1.10. The van der Waals surface area contributed by atoms with Gasteiger partial charge >= 0.3 is 0 Å². The molecule has 2 aromatic carbocycles. The van der Waals surface area contributed by atoms with Gasteiger partial charge in [0.15, 0.2) is 5.78 Å². The molecule has 3 amide bonds. The van der Waals surface area contributed by atoms with Gasteiger partial charge in [0, 0.05) is 23.0 Å². The van der Waals surface area contributed by atoms with E-state index in [0.29, 0.717) is 28.8 Å². The fourth-order valence-corrected chi connectivity index (χ4v) is 3.34. The van der Waals surface area contributed by atoms with Crippen LogP contribution in [-0.4, -0.2) is 34.9 Å². The number of nitrogens with zero attached hydrogens (tertiary/aromatic N) is 1. The maximum Gasteiger partial charge on any atom is 0.261 e. The maximum absolute atomic E-state index is 12.4. The molecule has 0 aromatic heterocycles. The van der Waals surface area contributed by atoms with Gasteiger partial charge in [-0.2, -0.15) is 0 Å². The number of imide groups is 1. The molecule has 0 aliphatic carbocycles. The SMILES string of the molecule is CC(=O)c1ccccc1NC(=O)CCCN1C(=O)c2ccc(Br)cc2C1=O. The number of anilines is 1. The van der Waals surface area contributed by atoms with Crippen LogP contribution in [0.1, 0.15) is 50.8 Å². The van der Waals surface area contributed by atoms with Gasteiger partial charge in [0.05, 0.1) is 16.8 Å². The lowest BCUT2D eigenvalue weighted by Gasteiger charge is -2.14. The number of benzene rings is 2. The number of Topliss-reactive ketones (excluding diaryl/α,β-unsaturated/α-hetero) is 1. The van der Waals surface area contributed by atoms with Gasteiger partial charge in [-0.1, -0.05) is 28.1 Å². The Morgan fingerprint density at radius 3 is 2.48 bits per heavy atom. The number of rotatable bonds is 6. The van der Waals surface area contributed by atoms with Crippen molar-refractivity contribution in [3.8, 4) is 0 Å². The van der Waals surface area contributed by atoms with Crippen LogP contribution in [0.4, 0.5) is 5.69 Å². The van der Waals surface area contributed by atoms with Crippen molar-refractivity contribution >= 4 is 45.1 Å². The highest BCUT2D eigenvalue weighted by Crippen LogP contribution is 2.26. The van der Waals surface area contributed by atoms with Crippen LogP contribution in [0, 0.1) is 0 Å². The van der Waals surface area contributed by atoms with Gasteiger partial charge in [-0.15, -0.1) is 0 Å². The molecule has 0 saturated carbocycles. The molecule has 0 fully saturated rings. The van der Waals surface area contributed by atoms with Crippen LogP contribution >= 0.6 is 15.9 Å². The molecule has 0 spiro atoms. The topological polar surface area (TPSA) is 83.6 Å². The highest BCUT2D eigenvalue weighted by atomic mass is 79.9. The van der Waals surface area contributed by atoms with E-state index >= 15 is 0 Å². The highest BCUT2D eigenvalue weighted by Gasteiger charge is 2.35. The highest BCUT2D eigenvalue weighted by molar-refractivity contribution is 9.10. The Labute approximate surface area is 164 Å². The Kier molecular flexibility index (Phi) is 5.51. The predicted molar refractivity (Wildman–Crippen MR) is 104 cm³/mol. The Hall–Kier alpha value is -2.80. The monoisotopic (exact) mass is 428 g/mol. The van der Waals surface area contributed by atoms with E-state index < -0.39 is 0 Å². The number of amides is 3. The van der Waals surface area contributed by atoms with Crippen LogP contribution in [0.2, 0.25) is 0 Å². The summed E-state index contributed by atoms with van der Waals surface area (Å²) < 4.78 is 0.729. The Morgan fingerprint density at radius 1 is 1.04 bits per heavy atom. The van der Waals surface area contributed by atoms with Gasteiger partial charge in [0.2, 0.25) is 5.91 Å². The fraction of sp³-hybridized carbons (Fsp3) is 0.200. The second-order valence-corrected chi connectivity index (χ2v) is 7.12. The smallest absolute Gasteiger partial charge is 0.261 e. The minimum absolute atomic E-state index is 0.128. The van der Waals surface area contributed by atoms with Crippen molar-refractivity contribution in [1.29, 1.82) is 0 Å². The first kappa shape index (κ1) is 19.0. The van der Waals surface area contributed by atoms with Crippen LogP contribution in [0.15, 0.2) is 46.9 Å². The van der Waals surface area contributed by atoms with Gasteiger partial charge in [-0.25, -0.2) is 0 Å². The van der Waals surface area contributed by atoms with Crippen LogP contribution in [0.3, 0.4) is 0 Å². The lowest BCUT2D eigenvalue weighted by molar-refractivity contribution is -0.116. The summed E-state index contributed by atoms with van der Waals surface area (Å²) >= 11 is 3.29. The lowest BCUT2D eigenvalue weighted by Crippen LogP contribution is -2.31. The summed E-state index contributed by atoms with van der Waals surface area (Å²) in [5, 5.41) is 2.71. The van der Waals surface area contributed by atoms with Crippen molar-refractivity contribution in [3.05, 3.63) is 63.6 Å². The Bertz CT molecular complexity index is 955. The summed E-state index contributed by atoms with van der Waals surface area (Å²) in [6.07, 6.45) is 0.462. The number of halogens is 1. The quantitative estimate of drug-likeness (QED) is 0.561. The van der Waals surface area contributed by atoms with Crippen LogP contribution in [0.25, 0.3) is 0 Å². The van der Waals surface area contributed by atoms with Crippen LogP contribution in [0.5, 0.6) is 0 Å². The lowest BCUT2D eigenvalue weighted by atomic mass is 10.1. The number of para-hydroxylation sites is 1. The molecule has 1 aliphatic heterocycles. The first-order valence-electron chi connectivity index (χ1n) is 8.44. The number of nitrogens with one attached hydrogen (secondary N) is 1. The van der Waals surface area contributed by atoms with Crippen molar-refractivity contribution in [2.45, 2.75) is 19.8 Å². The van der Waals surface area contributed by atoms with Gasteiger partial charge < -0.3 is 5.32 Å². The molecule has 27 heavy (non-hydrogen) atoms.